The molecule has 0 amide bonds. The number of phenols is 5. The molecule has 5 rings (SSSR count). The van der Waals surface area contributed by atoms with Crippen molar-refractivity contribution in [1.82, 2.24) is 0 Å². The summed E-state index contributed by atoms with van der Waals surface area (Å²) < 4.78 is 27.0. The van der Waals surface area contributed by atoms with Gasteiger partial charge in [0.15, 0.2) is 35.4 Å². The predicted octanol–water partition coefficient (Wildman–Crippen LogP) is -2.17. The number of hydrogen-bond donors (Lipinski definition) is 11. The topological polar surface area (TPSA) is 272 Å². The highest BCUT2D eigenvalue weighted by Gasteiger charge is 2.51. The molecule has 1 unspecified atom stereocenters. The van der Waals surface area contributed by atoms with Crippen LogP contribution in [0, 0.1) is 0 Å². The molecule has 0 bridgehead atoms. The Hall–Kier alpha value is -3.58. The minimum absolute atomic E-state index is 0.0539. The number of ether oxygens (including phenoxy) is 5. The molecule has 10 atom stereocenters. The summed E-state index contributed by atoms with van der Waals surface area (Å²) in [6.45, 7) is -1.21. The minimum Gasteiger partial charge on any atom is -0.571 e. The zero-order valence-corrected chi connectivity index (χ0v) is 21.6. The van der Waals surface area contributed by atoms with Crippen molar-refractivity contribution >= 4 is 6.08 Å². The summed E-state index contributed by atoms with van der Waals surface area (Å²) in [6.07, 6.45) is -14.8. The van der Waals surface area contributed by atoms with Crippen molar-refractivity contribution in [3.05, 3.63) is 41.2 Å². The van der Waals surface area contributed by atoms with Crippen LogP contribution >= 0.6 is 0 Å². The molecule has 0 spiro atoms. The van der Waals surface area contributed by atoms with Gasteiger partial charge in [-0.2, -0.15) is 0 Å². The highest BCUT2D eigenvalue weighted by atomic mass is 16.8. The Labute approximate surface area is 236 Å². The SMILES string of the molecule is OC[C@H]1O[C@@H](OC2=Cc3c(O)cc(O)cc3[OH+]C2c2cc(O)c(O)c(O)c2)[C@H](O[C@H]2OC[C@H](O)[C@H](O)[C@@H]2O)[C@@H](O)[C@@H]1O. The number of aliphatic hydroxyl groups excluding tert-OH is 6. The molecule has 0 aromatic heterocycles. The van der Waals surface area contributed by atoms with Gasteiger partial charge >= 0.3 is 0 Å². The lowest BCUT2D eigenvalue weighted by Gasteiger charge is -2.45. The Morgan fingerprint density at radius 1 is 0.810 bits per heavy atom. The fraction of sp³-hybridized carbons (Fsp3) is 0.462. The van der Waals surface area contributed by atoms with Crippen LogP contribution in [0.5, 0.6) is 34.5 Å². The van der Waals surface area contributed by atoms with Crippen molar-refractivity contribution in [2.75, 3.05) is 13.2 Å². The van der Waals surface area contributed by atoms with Gasteiger partial charge in [0.1, 0.15) is 53.7 Å². The fourth-order valence-electron chi connectivity index (χ4n) is 4.89. The van der Waals surface area contributed by atoms with Gasteiger partial charge < -0.3 is 79.9 Å². The maximum absolute atomic E-state index is 10.9. The van der Waals surface area contributed by atoms with Gasteiger partial charge in [0, 0.05) is 12.1 Å². The fourth-order valence-corrected chi connectivity index (χ4v) is 4.89. The predicted molar refractivity (Wildman–Crippen MR) is 135 cm³/mol. The van der Waals surface area contributed by atoms with Crippen molar-refractivity contribution in [2.45, 2.75) is 61.4 Å². The number of aliphatic hydroxyl groups is 7. The van der Waals surface area contributed by atoms with E-state index in [1.165, 1.54) is 12.1 Å². The first-order chi connectivity index (χ1) is 19.9. The second kappa shape index (κ2) is 11.6. The maximum atomic E-state index is 10.9. The van der Waals surface area contributed by atoms with E-state index in [0.29, 0.717) is 0 Å². The van der Waals surface area contributed by atoms with E-state index in [2.05, 4.69) is 4.74 Å². The lowest BCUT2D eigenvalue weighted by Crippen LogP contribution is -2.63. The number of aromatic hydroxyl groups is 6. The largest absolute Gasteiger partial charge is 0.571 e. The second-order valence-electron chi connectivity index (χ2n) is 10.1. The van der Waals surface area contributed by atoms with Crippen LogP contribution < -0.4 is 0 Å². The van der Waals surface area contributed by atoms with Crippen LogP contribution in [0.15, 0.2) is 30.0 Å². The highest BCUT2D eigenvalue weighted by Crippen LogP contribution is 2.47. The van der Waals surface area contributed by atoms with E-state index in [4.69, 9.17) is 18.9 Å². The molecule has 3 aliphatic heterocycles. The molecule has 12 N–H and O–H groups in total. The molecule has 0 aliphatic carbocycles. The van der Waals surface area contributed by atoms with Crippen LogP contribution in [0.25, 0.3) is 6.08 Å². The van der Waals surface area contributed by atoms with Crippen LogP contribution in [0.4, 0.5) is 0 Å². The van der Waals surface area contributed by atoms with Gasteiger partial charge in [0.25, 0.3) is 11.9 Å². The third-order valence-corrected chi connectivity index (χ3v) is 7.18. The first-order valence-corrected chi connectivity index (χ1v) is 12.7. The average Bonchev–Trinajstić information content (AvgIpc) is 2.95. The van der Waals surface area contributed by atoms with Gasteiger partial charge in [-0.1, -0.05) is 0 Å². The third kappa shape index (κ3) is 5.47. The van der Waals surface area contributed by atoms with E-state index in [1.807, 2.05) is 0 Å². The van der Waals surface area contributed by atoms with Gasteiger partial charge in [-0.15, -0.1) is 0 Å². The van der Waals surface area contributed by atoms with Crippen molar-refractivity contribution in [3.63, 3.8) is 0 Å². The summed E-state index contributed by atoms with van der Waals surface area (Å²) in [4.78, 5) is 0. The third-order valence-electron chi connectivity index (χ3n) is 7.18. The van der Waals surface area contributed by atoms with E-state index in [1.54, 1.807) is 0 Å². The zero-order valence-electron chi connectivity index (χ0n) is 21.6. The van der Waals surface area contributed by atoms with Crippen molar-refractivity contribution in [2.24, 2.45) is 0 Å². The molecule has 2 aromatic rings. The molecule has 2 aromatic carbocycles. The molecule has 3 aliphatic rings. The summed E-state index contributed by atoms with van der Waals surface area (Å²) in [7, 11) is 0. The number of hydrogen-bond acceptors (Lipinski definition) is 15. The normalized spacial score (nSPS) is 34.7. The molecule has 42 heavy (non-hydrogen) atoms. The summed E-state index contributed by atoms with van der Waals surface area (Å²) in [6, 6.07) is 4.39. The molecule has 0 radical (unpaired) electrons. The quantitative estimate of drug-likeness (QED) is 0.125. The Balaban J connectivity index is 1.53. The molecule has 2 fully saturated rings. The lowest BCUT2D eigenvalue weighted by molar-refractivity contribution is -0.353. The van der Waals surface area contributed by atoms with E-state index < -0.39 is 97.6 Å². The summed E-state index contributed by atoms with van der Waals surface area (Å²) >= 11 is 0. The van der Waals surface area contributed by atoms with Crippen LogP contribution in [0.3, 0.4) is 0 Å². The average molecular weight is 600 g/mol. The van der Waals surface area contributed by atoms with Crippen molar-refractivity contribution in [1.29, 1.82) is 0 Å². The number of fused-ring (bicyclic) bond motifs is 1. The first kappa shape index (κ1) is 29.9. The van der Waals surface area contributed by atoms with E-state index >= 15 is 0 Å². The number of benzene rings is 2. The second-order valence-corrected chi connectivity index (χ2v) is 10.1. The minimum atomic E-state index is -1.82. The van der Waals surface area contributed by atoms with E-state index in [-0.39, 0.29) is 28.4 Å². The van der Waals surface area contributed by atoms with Gasteiger partial charge in [-0.3, -0.25) is 0 Å². The van der Waals surface area contributed by atoms with Crippen molar-refractivity contribution < 1.29 is 79.9 Å². The Bertz CT molecular complexity index is 1310. The summed E-state index contributed by atoms with van der Waals surface area (Å²) in [5.41, 5.74) is 0.125. The Morgan fingerprint density at radius 3 is 2.17 bits per heavy atom. The zero-order chi connectivity index (χ0) is 30.5. The van der Waals surface area contributed by atoms with Crippen LogP contribution in [-0.2, 0) is 18.9 Å². The smallest absolute Gasteiger partial charge is 0.270 e. The van der Waals surface area contributed by atoms with Gasteiger partial charge in [0.05, 0.1) is 24.8 Å². The van der Waals surface area contributed by atoms with Crippen LogP contribution in [-0.4, -0.2) is 129 Å². The Kier molecular flexibility index (Phi) is 8.26. The molecular weight excluding hydrogens is 568 g/mol. The van der Waals surface area contributed by atoms with Crippen LogP contribution in [0.1, 0.15) is 17.2 Å². The maximum Gasteiger partial charge on any atom is 0.270 e. The Morgan fingerprint density at radius 2 is 1.50 bits per heavy atom. The lowest BCUT2D eigenvalue weighted by atomic mass is 9.97. The molecule has 3 heterocycles. The monoisotopic (exact) mass is 599 g/mol. The molecule has 0 saturated carbocycles. The first-order valence-electron chi connectivity index (χ1n) is 12.7. The van der Waals surface area contributed by atoms with E-state index in [0.717, 1.165) is 18.2 Å². The molecule has 16 nitrogen and oxygen atoms in total. The van der Waals surface area contributed by atoms with Crippen LogP contribution in [0.2, 0.25) is 0 Å². The molecular formula is C26H31O16+. The highest BCUT2D eigenvalue weighted by molar-refractivity contribution is 5.69. The van der Waals surface area contributed by atoms with Gasteiger partial charge in [0.2, 0.25) is 6.29 Å². The van der Waals surface area contributed by atoms with Gasteiger partial charge in [-0.25, -0.2) is 0 Å². The molecule has 230 valence electrons. The summed E-state index contributed by atoms with van der Waals surface area (Å²) in [5.74, 6) is -3.03. The van der Waals surface area contributed by atoms with Crippen molar-refractivity contribution in [3.8, 4) is 34.5 Å². The van der Waals surface area contributed by atoms with E-state index in [9.17, 15) is 56.2 Å². The van der Waals surface area contributed by atoms with Gasteiger partial charge in [-0.05, 0) is 12.1 Å². The standard InChI is InChI=1S/C26H30O16/c27-6-17-20(35)21(36)24(42-25-22(37)19(34)14(32)7-38-25)26(41-17)40-16-5-10-11(29)3-9(28)4-15(10)39-23(16)8-1-12(30)18(33)13(31)2-8/h1-5,14,17,19-37H,6-7H2/p+1/t14-,17+,19-,20+,21-,22-,23?,24+,25+,26+/m0/s1. The molecule has 2 saturated heterocycles. The summed E-state index contributed by atoms with van der Waals surface area (Å²) in [5, 5.41) is 112. The molecule has 16 heteroatoms. The number of rotatable bonds is 6. The number of phenolic OH excluding ortho intramolecular Hbond substituents is 5.